The molecule has 0 spiro atoms. The molecule has 31 heavy (non-hydrogen) atoms. The number of sulfonamides is 1. The molecular weight excluding hydrogens is 452 g/mol. The van der Waals surface area contributed by atoms with Gasteiger partial charge in [0.1, 0.15) is 14.9 Å². The number of nitrogens with one attached hydrogen (secondary N) is 1. The maximum atomic E-state index is 12.7. The molecule has 4 heterocycles. The normalized spacial score (nSPS) is 16.1. The van der Waals surface area contributed by atoms with Crippen molar-refractivity contribution < 1.29 is 8.42 Å². The number of H-pyrrole nitrogens is 1. The van der Waals surface area contributed by atoms with Crippen LogP contribution in [-0.4, -0.2) is 53.8 Å². The van der Waals surface area contributed by atoms with Crippen LogP contribution in [0.3, 0.4) is 0 Å². The lowest BCUT2D eigenvalue weighted by atomic mass is 10.2. The number of hydrogen-bond donors (Lipinski definition) is 1. The van der Waals surface area contributed by atoms with Crippen molar-refractivity contribution >= 4 is 42.9 Å². The second-order valence-electron chi connectivity index (χ2n) is 7.32. The van der Waals surface area contributed by atoms with Gasteiger partial charge in [-0.25, -0.2) is 13.4 Å². The first-order valence-corrected chi connectivity index (χ1v) is 13.0. The van der Waals surface area contributed by atoms with Crippen LogP contribution < -0.4 is 5.56 Å². The zero-order chi connectivity index (χ0) is 21.4. The van der Waals surface area contributed by atoms with Crippen molar-refractivity contribution in [2.45, 2.75) is 10.8 Å². The number of thiophene rings is 2. The molecular formula is C21H20N4O3S3. The maximum Gasteiger partial charge on any atom is 0.259 e. The Morgan fingerprint density at radius 3 is 2.52 bits per heavy atom. The van der Waals surface area contributed by atoms with Crippen LogP contribution in [-0.2, 0) is 16.6 Å². The van der Waals surface area contributed by atoms with E-state index >= 15 is 0 Å². The number of hydrogen-bond acceptors (Lipinski definition) is 7. The van der Waals surface area contributed by atoms with Gasteiger partial charge in [0, 0.05) is 31.1 Å². The molecule has 3 aromatic heterocycles. The predicted octanol–water partition coefficient (Wildman–Crippen LogP) is 3.22. The van der Waals surface area contributed by atoms with E-state index < -0.39 is 10.0 Å². The fourth-order valence-electron chi connectivity index (χ4n) is 3.67. The Bertz CT molecular complexity index is 1350. The molecule has 0 atom stereocenters. The Kier molecular flexibility index (Phi) is 5.49. The van der Waals surface area contributed by atoms with Crippen LogP contribution in [0.25, 0.3) is 20.7 Å². The van der Waals surface area contributed by atoms with Gasteiger partial charge in [-0.2, -0.15) is 4.31 Å². The first-order valence-electron chi connectivity index (χ1n) is 9.85. The van der Waals surface area contributed by atoms with E-state index in [1.165, 1.54) is 27.0 Å². The summed E-state index contributed by atoms with van der Waals surface area (Å²) in [5, 5.41) is 2.37. The van der Waals surface area contributed by atoms with Gasteiger partial charge < -0.3 is 4.98 Å². The fraction of sp³-hybridized carbons (Fsp3) is 0.238. The monoisotopic (exact) mass is 472 g/mol. The molecule has 1 aliphatic heterocycles. The third kappa shape index (κ3) is 4.09. The van der Waals surface area contributed by atoms with Gasteiger partial charge in [-0.3, -0.25) is 9.69 Å². The summed E-state index contributed by atoms with van der Waals surface area (Å²) in [4.78, 5) is 24.0. The second kappa shape index (κ2) is 8.29. The molecule has 0 unspecified atom stereocenters. The first kappa shape index (κ1) is 20.5. The van der Waals surface area contributed by atoms with Crippen LogP contribution in [0.1, 0.15) is 5.82 Å². The number of piperazine rings is 1. The fourth-order valence-corrected chi connectivity index (χ4v) is 7.30. The number of fused-ring (bicyclic) bond motifs is 1. The van der Waals surface area contributed by atoms with Gasteiger partial charge in [0.25, 0.3) is 15.6 Å². The molecule has 10 heteroatoms. The molecule has 0 saturated carbocycles. The van der Waals surface area contributed by atoms with Crippen LogP contribution in [0.5, 0.6) is 0 Å². The summed E-state index contributed by atoms with van der Waals surface area (Å²) in [6.07, 6.45) is 0. The number of rotatable bonds is 5. The molecule has 0 aliphatic carbocycles. The van der Waals surface area contributed by atoms with E-state index in [4.69, 9.17) is 0 Å². The molecule has 7 nitrogen and oxygen atoms in total. The van der Waals surface area contributed by atoms with Crippen molar-refractivity contribution in [2.24, 2.45) is 0 Å². The van der Waals surface area contributed by atoms with Crippen molar-refractivity contribution in [2.75, 3.05) is 26.2 Å². The van der Waals surface area contributed by atoms with Crippen LogP contribution in [0.2, 0.25) is 0 Å². The maximum absolute atomic E-state index is 12.7. The molecule has 160 valence electrons. The van der Waals surface area contributed by atoms with Gasteiger partial charge in [-0.15, -0.1) is 22.7 Å². The van der Waals surface area contributed by atoms with Gasteiger partial charge >= 0.3 is 0 Å². The van der Waals surface area contributed by atoms with Crippen molar-refractivity contribution in [3.63, 3.8) is 0 Å². The zero-order valence-corrected chi connectivity index (χ0v) is 19.0. The lowest BCUT2D eigenvalue weighted by molar-refractivity contribution is 0.178. The van der Waals surface area contributed by atoms with Gasteiger partial charge in [-0.05, 0) is 23.1 Å². The SMILES string of the molecule is O=c1[nH]c(CN2CCN(S(=O)(=O)c3cccs3)CC2)nc2sc(-c3ccccc3)cc12. The molecule has 1 N–H and O–H groups in total. The molecule has 0 radical (unpaired) electrons. The van der Waals surface area contributed by atoms with Crippen molar-refractivity contribution in [3.8, 4) is 10.4 Å². The molecule has 1 saturated heterocycles. The van der Waals surface area contributed by atoms with E-state index in [1.807, 2.05) is 36.4 Å². The van der Waals surface area contributed by atoms with Gasteiger partial charge in [-0.1, -0.05) is 36.4 Å². The van der Waals surface area contributed by atoms with Crippen molar-refractivity contribution in [1.82, 2.24) is 19.2 Å². The minimum atomic E-state index is -3.42. The highest BCUT2D eigenvalue weighted by molar-refractivity contribution is 7.91. The highest BCUT2D eigenvalue weighted by Crippen LogP contribution is 2.30. The summed E-state index contributed by atoms with van der Waals surface area (Å²) < 4.78 is 27.3. The highest BCUT2D eigenvalue weighted by Gasteiger charge is 2.29. The van der Waals surface area contributed by atoms with E-state index in [1.54, 1.807) is 17.5 Å². The Labute approximate surface area is 187 Å². The second-order valence-corrected chi connectivity index (χ2v) is 11.5. The average Bonchev–Trinajstić information content (AvgIpc) is 3.46. The van der Waals surface area contributed by atoms with Gasteiger partial charge in [0.2, 0.25) is 0 Å². The van der Waals surface area contributed by atoms with E-state index in [0.29, 0.717) is 48.1 Å². The van der Waals surface area contributed by atoms with Gasteiger partial charge in [0.05, 0.1) is 11.9 Å². The molecule has 0 bridgehead atoms. The minimum absolute atomic E-state index is 0.141. The standard InChI is InChI=1S/C21H20N4O3S3/c26-20-16-13-17(15-5-2-1-3-6-15)30-21(16)23-18(22-20)14-24-8-10-25(11-9-24)31(27,28)19-7-4-12-29-19/h1-7,12-13H,8-11,14H2,(H,22,23,26). The van der Waals surface area contributed by atoms with E-state index in [2.05, 4.69) is 14.9 Å². The zero-order valence-electron chi connectivity index (χ0n) is 16.5. The highest BCUT2D eigenvalue weighted by atomic mass is 32.2. The summed E-state index contributed by atoms with van der Waals surface area (Å²) in [7, 11) is -3.42. The molecule has 1 aromatic carbocycles. The number of nitrogens with zero attached hydrogens (tertiary/aromatic N) is 3. The summed E-state index contributed by atoms with van der Waals surface area (Å²) in [5.74, 6) is 0.605. The summed E-state index contributed by atoms with van der Waals surface area (Å²) in [5.41, 5.74) is 0.923. The Morgan fingerprint density at radius 1 is 1.03 bits per heavy atom. The van der Waals surface area contributed by atoms with Crippen LogP contribution in [0.15, 0.2) is 62.9 Å². The van der Waals surface area contributed by atoms with Crippen LogP contribution >= 0.6 is 22.7 Å². The Hall–Kier alpha value is -2.37. The molecule has 1 fully saturated rings. The van der Waals surface area contributed by atoms with Crippen LogP contribution in [0, 0.1) is 0 Å². The number of benzene rings is 1. The van der Waals surface area contributed by atoms with E-state index in [9.17, 15) is 13.2 Å². The Morgan fingerprint density at radius 2 is 1.81 bits per heavy atom. The topological polar surface area (TPSA) is 86.4 Å². The lowest BCUT2D eigenvalue weighted by Crippen LogP contribution is -2.48. The number of aromatic amines is 1. The summed E-state index contributed by atoms with van der Waals surface area (Å²) in [6, 6.07) is 15.2. The van der Waals surface area contributed by atoms with Crippen molar-refractivity contribution in [3.05, 3.63) is 70.1 Å². The molecule has 1 aliphatic rings. The smallest absolute Gasteiger partial charge is 0.259 e. The first-order chi connectivity index (χ1) is 15.0. The third-order valence-electron chi connectivity index (χ3n) is 5.30. The Balaban J connectivity index is 1.31. The predicted molar refractivity (Wildman–Crippen MR) is 124 cm³/mol. The summed E-state index contributed by atoms with van der Waals surface area (Å²) in [6.45, 7) is 2.50. The van der Waals surface area contributed by atoms with Crippen molar-refractivity contribution in [1.29, 1.82) is 0 Å². The third-order valence-corrected chi connectivity index (χ3v) is 9.65. The largest absolute Gasteiger partial charge is 0.309 e. The molecule has 4 aromatic rings. The average molecular weight is 473 g/mol. The summed E-state index contributed by atoms with van der Waals surface area (Å²) >= 11 is 2.75. The lowest BCUT2D eigenvalue weighted by Gasteiger charge is -2.33. The van der Waals surface area contributed by atoms with Gasteiger partial charge in [0.15, 0.2) is 0 Å². The number of aromatic nitrogens is 2. The van der Waals surface area contributed by atoms with Crippen LogP contribution in [0.4, 0.5) is 0 Å². The van der Waals surface area contributed by atoms with E-state index in [0.717, 1.165) is 15.3 Å². The quantitative estimate of drug-likeness (QED) is 0.482. The molecule has 0 amide bonds. The molecule has 5 rings (SSSR count). The van der Waals surface area contributed by atoms with E-state index in [-0.39, 0.29) is 5.56 Å². The minimum Gasteiger partial charge on any atom is -0.309 e.